The van der Waals surface area contributed by atoms with Gasteiger partial charge in [-0.2, -0.15) is 0 Å². The quantitative estimate of drug-likeness (QED) is 0.212. The summed E-state index contributed by atoms with van der Waals surface area (Å²) in [7, 11) is 0. The van der Waals surface area contributed by atoms with E-state index < -0.39 is 15.2 Å². The second kappa shape index (κ2) is 13.5. The summed E-state index contributed by atoms with van der Waals surface area (Å²) in [6, 6.07) is 0. The van der Waals surface area contributed by atoms with Crippen LogP contribution in [0.3, 0.4) is 0 Å². The van der Waals surface area contributed by atoms with Crippen LogP contribution in [0, 0.1) is 0 Å². The lowest BCUT2D eigenvalue weighted by atomic mass is 9.99. The first-order chi connectivity index (χ1) is 11.3. The fourth-order valence-corrected chi connectivity index (χ4v) is 3.28. The van der Waals surface area contributed by atoms with Crippen molar-refractivity contribution in [1.82, 2.24) is 0 Å². The van der Waals surface area contributed by atoms with Crippen molar-refractivity contribution in [2.75, 3.05) is 0 Å². The molecule has 0 aliphatic carbocycles. The van der Waals surface area contributed by atoms with Crippen molar-refractivity contribution in [3.05, 3.63) is 0 Å². The Morgan fingerprint density at radius 3 is 1.42 bits per heavy atom. The Balaban J connectivity index is 3.50. The van der Waals surface area contributed by atoms with Crippen LogP contribution in [0.25, 0.3) is 0 Å². The summed E-state index contributed by atoms with van der Waals surface area (Å²) < 4.78 is -1.43. The number of carboxylic acids is 1. The summed E-state index contributed by atoms with van der Waals surface area (Å²) in [6.45, 7) is 3.61. The summed E-state index contributed by atoms with van der Waals surface area (Å²) in [6.07, 6.45) is 16.8. The Labute approximate surface area is 163 Å². The molecular weight excluding hydrogens is 367 g/mol. The zero-order valence-electron chi connectivity index (χ0n) is 15.4. The second-order valence-electron chi connectivity index (χ2n) is 7.01. The molecule has 0 saturated carbocycles. The van der Waals surface area contributed by atoms with Crippen LogP contribution in [0.1, 0.15) is 104 Å². The largest absolute Gasteiger partial charge is 0.480 e. The highest BCUT2D eigenvalue weighted by molar-refractivity contribution is 6.56. The van der Waals surface area contributed by atoms with Gasteiger partial charge in [-0.3, -0.25) is 4.79 Å². The Morgan fingerprint density at radius 2 is 1.08 bits per heavy atom. The number of unbranched alkanes of at least 4 members (excludes halogenated alkanes) is 12. The lowest BCUT2D eigenvalue weighted by molar-refractivity contribution is -0.140. The number of halogens is 3. The van der Waals surface area contributed by atoms with Gasteiger partial charge < -0.3 is 5.11 Å². The van der Waals surface area contributed by atoms with Crippen LogP contribution in [-0.2, 0) is 4.79 Å². The predicted octanol–water partition coefficient (Wildman–Crippen LogP) is 7.72. The van der Waals surface area contributed by atoms with Crippen LogP contribution in [0.4, 0.5) is 0 Å². The molecule has 0 aromatic heterocycles. The van der Waals surface area contributed by atoms with E-state index in [1.807, 2.05) is 0 Å². The van der Waals surface area contributed by atoms with Crippen molar-refractivity contribution in [1.29, 1.82) is 0 Å². The van der Waals surface area contributed by atoms with Gasteiger partial charge in [-0.15, -0.1) is 11.6 Å². The molecule has 1 N–H and O–H groups in total. The molecule has 0 rings (SSSR count). The number of hydrogen-bond donors (Lipinski definition) is 1. The van der Waals surface area contributed by atoms with Crippen molar-refractivity contribution < 1.29 is 9.90 Å². The third kappa shape index (κ3) is 10.4. The summed E-state index contributed by atoms with van der Waals surface area (Å²) in [5.41, 5.74) is 0. The molecular formula is C19H35Cl3O2. The molecule has 144 valence electrons. The molecule has 0 aliphatic rings. The van der Waals surface area contributed by atoms with E-state index in [1.54, 1.807) is 0 Å². The summed E-state index contributed by atoms with van der Waals surface area (Å²) in [5.74, 6) is -1.18. The fourth-order valence-electron chi connectivity index (χ4n) is 2.76. The topological polar surface area (TPSA) is 37.3 Å². The van der Waals surface area contributed by atoms with E-state index in [-0.39, 0.29) is 0 Å². The first kappa shape index (κ1) is 24.3. The van der Waals surface area contributed by atoms with E-state index >= 15 is 0 Å². The molecule has 0 aromatic carbocycles. The third-order valence-electron chi connectivity index (χ3n) is 4.68. The van der Waals surface area contributed by atoms with E-state index in [2.05, 4.69) is 6.92 Å². The maximum Gasteiger partial charge on any atom is 0.327 e. The zero-order valence-corrected chi connectivity index (χ0v) is 17.7. The summed E-state index contributed by atoms with van der Waals surface area (Å²) in [5, 5.41) is 9.08. The van der Waals surface area contributed by atoms with Crippen LogP contribution in [0.5, 0.6) is 0 Å². The molecule has 0 fully saturated rings. The molecule has 1 unspecified atom stereocenters. The predicted molar refractivity (Wildman–Crippen MR) is 107 cm³/mol. The lowest BCUT2D eigenvalue weighted by Gasteiger charge is -2.31. The van der Waals surface area contributed by atoms with E-state index in [0.29, 0.717) is 6.42 Å². The number of carbonyl (C=O) groups is 1. The molecule has 0 amide bonds. The Bertz CT molecular complexity index is 331. The molecule has 0 aliphatic heterocycles. The number of carboxylic acid groups (broad SMARTS) is 1. The lowest BCUT2D eigenvalue weighted by Crippen LogP contribution is -2.45. The Morgan fingerprint density at radius 1 is 0.750 bits per heavy atom. The van der Waals surface area contributed by atoms with Gasteiger partial charge in [-0.05, 0) is 13.3 Å². The average Bonchev–Trinajstić information content (AvgIpc) is 2.51. The third-order valence-corrected chi connectivity index (χ3v) is 6.49. The van der Waals surface area contributed by atoms with Crippen molar-refractivity contribution in [2.24, 2.45) is 0 Å². The van der Waals surface area contributed by atoms with Crippen molar-refractivity contribution in [3.8, 4) is 0 Å². The van der Waals surface area contributed by atoms with Gasteiger partial charge in [0.2, 0.25) is 0 Å². The standard InChI is InChI=1S/C19H35Cl3O2/c1-3-4-5-6-7-8-9-10-11-12-13-14-15-16-19(21,22)18(2,20)17(23)24/h3-16H2,1-2H3,(H,23,24). The molecule has 24 heavy (non-hydrogen) atoms. The van der Waals surface area contributed by atoms with Gasteiger partial charge in [0.15, 0.2) is 4.87 Å². The molecule has 0 spiro atoms. The van der Waals surface area contributed by atoms with Crippen molar-refractivity contribution >= 4 is 40.8 Å². The zero-order chi connectivity index (χ0) is 18.5. The minimum atomic E-state index is -1.65. The van der Waals surface area contributed by atoms with Gasteiger partial charge >= 0.3 is 5.97 Å². The number of aliphatic carboxylic acids is 1. The molecule has 0 aromatic rings. The molecule has 5 heteroatoms. The SMILES string of the molecule is CCCCCCCCCCCCCCCC(Cl)(Cl)C(C)(Cl)C(=O)O. The Kier molecular flexibility index (Phi) is 13.7. The number of hydrogen-bond acceptors (Lipinski definition) is 1. The highest BCUT2D eigenvalue weighted by Crippen LogP contribution is 2.43. The molecule has 0 radical (unpaired) electrons. The molecule has 0 saturated heterocycles. The van der Waals surface area contributed by atoms with Gasteiger partial charge in [-0.1, -0.05) is 114 Å². The average molecular weight is 402 g/mol. The smallest absolute Gasteiger partial charge is 0.327 e. The van der Waals surface area contributed by atoms with E-state index in [1.165, 1.54) is 71.1 Å². The monoisotopic (exact) mass is 400 g/mol. The first-order valence-electron chi connectivity index (χ1n) is 9.56. The van der Waals surface area contributed by atoms with E-state index in [9.17, 15) is 4.79 Å². The number of alkyl halides is 3. The van der Waals surface area contributed by atoms with Crippen LogP contribution >= 0.6 is 34.8 Å². The Hall–Kier alpha value is 0.340. The van der Waals surface area contributed by atoms with Gasteiger partial charge in [0.05, 0.1) is 0 Å². The van der Waals surface area contributed by atoms with Gasteiger partial charge in [0.1, 0.15) is 4.33 Å². The van der Waals surface area contributed by atoms with Gasteiger partial charge in [0.25, 0.3) is 0 Å². The molecule has 0 heterocycles. The maximum absolute atomic E-state index is 11.1. The highest BCUT2D eigenvalue weighted by atomic mass is 35.5. The van der Waals surface area contributed by atoms with E-state index in [4.69, 9.17) is 39.9 Å². The van der Waals surface area contributed by atoms with Crippen molar-refractivity contribution in [2.45, 2.75) is 113 Å². The minimum absolute atomic E-state index is 0.403. The van der Waals surface area contributed by atoms with Crippen LogP contribution in [0.2, 0.25) is 0 Å². The minimum Gasteiger partial charge on any atom is -0.480 e. The van der Waals surface area contributed by atoms with Gasteiger partial charge in [0, 0.05) is 0 Å². The molecule has 2 nitrogen and oxygen atoms in total. The van der Waals surface area contributed by atoms with Gasteiger partial charge in [-0.25, -0.2) is 0 Å². The van der Waals surface area contributed by atoms with E-state index in [0.717, 1.165) is 19.3 Å². The summed E-state index contributed by atoms with van der Waals surface area (Å²) >= 11 is 18.2. The van der Waals surface area contributed by atoms with Crippen LogP contribution in [0.15, 0.2) is 0 Å². The van der Waals surface area contributed by atoms with Crippen LogP contribution < -0.4 is 0 Å². The second-order valence-corrected chi connectivity index (χ2v) is 9.25. The van der Waals surface area contributed by atoms with Crippen molar-refractivity contribution in [3.63, 3.8) is 0 Å². The maximum atomic E-state index is 11.1. The first-order valence-corrected chi connectivity index (χ1v) is 10.7. The summed E-state index contributed by atoms with van der Waals surface area (Å²) in [4.78, 5) is 9.46. The fraction of sp³-hybridized carbons (Fsp3) is 0.947. The normalized spacial score (nSPS) is 14.5. The number of rotatable bonds is 16. The highest BCUT2D eigenvalue weighted by Gasteiger charge is 2.50. The molecule has 1 atom stereocenters. The van der Waals surface area contributed by atoms with Crippen LogP contribution in [-0.4, -0.2) is 20.3 Å². The molecule has 0 bridgehead atoms.